The molecule has 2 bridgehead atoms. The summed E-state index contributed by atoms with van der Waals surface area (Å²) >= 11 is 0. The Kier molecular flexibility index (Phi) is 9.24. The lowest BCUT2D eigenvalue weighted by molar-refractivity contribution is -0.159. The van der Waals surface area contributed by atoms with Gasteiger partial charge in [0.05, 0.1) is 6.10 Å². The van der Waals surface area contributed by atoms with Crippen LogP contribution in [-0.2, 0) is 27.8 Å². The third kappa shape index (κ3) is 6.66. The van der Waals surface area contributed by atoms with Crippen LogP contribution in [0.25, 0.3) is 0 Å². The molecule has 34 heavy (non-hydrogen) atoms. The third-order valence-corrected chi connectivity index (χ3v) is 7.75. The van der Waals surface area contributed by atoms with Gasteiger partial charge in [0.2, 0.25) is 0 Å². The monoisotopic (exact) mass is 477 g/mol. The molecule has 2 N–H and O–H groups in total. The lowest BCUT2D eigenvalue weighted by Gasteiger charge is -2.39. The summed E-state index contributed by atoms with van der Waals surface area (Å²) in [6.07, 6.45) is 13.1. The van der Waals surface area contributed by atoms with E-state index in [2.05, 4.69) is 9.88 Å². The quantitative estimate of drug-likeness (QED) is 0.600. The van der Waals surface area contributed by atoms with Gasteiger partial charge in [-0.25, -0.2) is 14.6 Å². The molecule has 3 fully saturated rings. The number of piperidine rings is 1. The zero-order valence-corrected chi connectivity index (χ0v) is 20.7. The molecule has 2 saturated heterocycles. The molecule has 1 aromatic rings. The number of hydrogen-bond acceptors (Lipinski definition) is 6. The summed E-state index contributed by atoms with van der Waals surface area (Å²) in [6, 6.07) is 1.27. The summed E-state index contributed by atoms with van der Waals surface area (Å²) in [4.78, 5) is 38.1. The first-order valence-corrected chi connectivity index (χ1v) is 12.5. The zero-order chi connectivity index (χ0) is 24.8. The van der Waals surface area contributed by atoms with Crippen LogP contribution in [0, 0.1) is 19.8 Å². The SMILES string of the molecule is Cc1nc(C)n(C)c(=O)c1CCN1C2CCC1CC(OCC1CCCCC1)C2.O=C(O)C(=O)O. The Hall–Kier alpha value is -2.26. The second kappa shape index (κ2) is 11.9. The van der Waals surface area contributed by atoms with E-state index in [1.807, 2.05) is 20.9 Å². The molecule has 3 heterocycles. The molecule has 1 aromatic heterocycles. The maximum Gasteiger partial charge on any atom is 0.414 e. The average molecular weight is 478 g/mol. The van der Waals surface area contributed by atoms with Crippen LogP contribution in [-0.4, -0.2) is 67.9 Å². The zero-order valence-electron chi connectivity index (χ0n) is 20.7. The van der Waals surface area contributed by atoms with Crippen molar-refractivity contribution in [3.8, 4) is 0 Å². The molecule has 0 amide bonds. The molecule has 4 rings (SSSR count). The molecular weight excluding hydrogens is 438 g/mol. The Bertz CT molecular complexity index is 898. The molecule has 1 saturated carbocycles. The summed E-state index contributed by atoms with van der Waals surface area (Å²) in [5.41, 5.74) is 1.92. The first-order valence-electron chi connectivity index (χ1n) is 12.5. The Morgan fingerprint density at radius 2 is 1.59 bits per heavy atom. The number of carboxylic acid groups (broad SMARTS) is 2. The highest BCUT2D eigenvalue weighted by Crippen LogP contribution is 2.37. The van der Waals surface area contributed by atoms with E-state index in [0.717, 1.165) is 42.6 Å². The summed E-state index contributed by atoms with van der Waals surface area (Å²) in [7, 11) is 1.83. The smallest absolute Gasteiger partial charge is 0.414 e. The van der Waals surface area contributed by atoms with E-state index in [-0.39, 0.29) is 5.56 Å². The number of aromatic nitrogens is 2. The Morgan fingerprint density at radius 1 is 1.00 bits per heavy atom. The van der Waals surface area contributed by atoms with Crippen LogP contribution in [0.5, 0.6) is 0 Å². The number of nitrogens with zero attached hydrogens (tertiary/aromatic N) is 3. The Labute approximate surface area is 201 Å². The van der Waals surface area contributed by atoms with E-state index in [0.29, 0.717) is 18.2 Å². The third-order valence-electron chi connectivity index (χ3n) is 7.75. The van der Waals surface area contributed by atoms with Gasteiger partial charge in [-0.05, 0) is 64.7 Å². The number of hydrogen-bond donors (Lipinski definition) is 2. The highest BCUT2D eigenvalue weighted by molar-refractivity contribution is 6.27. The number of carbonyl (C=O) groups is 2. The van der Waals surface area contributed by atoms with Crippen molar-refractivity contribution in [2.24, 2.45) is 13.0 Å². The van der Waals surface area contributed by atoms with Gasteiger partial charge >= 0.3 is 11.9 Å². The topological polar surface area (TPSA) is 122 Å². The van der Waals surface area contributed by atoms with Crippen molar-refractivity contribution in [2.75, 3.05) is 13.2 Å². The lowest BCUT2D eigenvalue weighted by Crippen LogP contribution is -2.47. The molecule has 3 aliphatic rings. The van der Waals surface area contributed by atoms with Crippen molar-refractivity contribution in [3.05, 3.63) is 27.4 Å². The molecule has 9 heteroatoms. The summed E-state index contributed by atoms with van der Waals surface area (Å²) in [6.45, 7) is 5.83. The lowest BCUT2D eigenvalue weighted by atomic mass is 9.90. The maximum absolute atomic E-state index is 12.6. The molecular formula is C25H39N3O6. The molecule has 2 aliphatic heterocycles. The van der Waals surface area contributed by atoms with Gasteiger partial charge in [0, 0.05) is 43.5 Å². The van der Waals surface area contributed by atoms with Gasteiger partial charge in [-0.3, -0.25) is 14.3 Å². The van der Waals surface area contributed by atoms with Gasteiger partial charge in [0.25, 0.3) is 5.56 Å². The van der Waals surface area contributed by atoms with Crippen molar-refractivity contribution in [1.82, 2.24) is 14.5 Å². The van der Waals surface area contributed by atoms with Crippen LogP contribution < -0.4 is 5.56 Å². The predicted molar refractivity (Wildman–Crippen MR) is 127 cm³/mol. The number of rotatable bonds is 6. The highest BCUT2D eigenvalue weighted by atomic mass is 16.5. The molecule has 9 nitrogen and oxygen atoms in total. The minimum atomic E-state index is -1.82. The molecule has 2 unspecified atom stereocenters. The minimum Gasteiger partial charge on any atom is -0.473 e. The largest absolute Gasteiger partial charge is 0.473 e. The van der Waals surface area contributed by atoms with E-state index in [9.17, 15) is 4.79 Å². The average Bonchev–Trinajstić information content (AvgIpc) is 3.04. The number of fused-ring (bicyclic) bond motifs is 2. The fourth-order valence-corrected chi connectivity index (χ4v) is 5.77. The van der Waals surface area contributed by atoms with Gasteiger partial charge in [-0.15, -0.1) is 0 Å². The van der Waals surface area contributed by atoms with Crippen molar-refractivity contribution in [2.45, 2.75) is 96.2 Å². The predicted octanol–water partition coefficient (Wildman–Crippen LogP) is 2.69. The number of aliphatic carboxylic acids is 2. The first-order chi connectivity index (χ1) is 16.2. The van der Waals surface area contributed by atoms with Crippen molar-refractivity contribution >= 4 is 11.9 Å². The Balaban J connectivity index is 0.000000481. The second-order valence-electron chi connectivity index (χ2n) is 10.0. The molecule has 1 aliphatic carbocycles. The molecule has 190 valence electrons. The molecule has 0 spiro atoms. The summed E-state index contributed by atoms with van der Waals surface area (Å²) < 4.78 is 8.07. The minimum absolute atomic E-state index is 0.128. The second-order valence-corrected chi connectivity index (χ2v) is 10.0. The van der Waals surface area contributed by atoms with Gasteiger partial charge in [-0.2, -0.15) is 0 Å². The fraction of sp³-hybridized carbons (Fsp3) is 0.760. The number of ether oxygens (including phenoxy) is 1. The molecule has 0 aromatic carbocycles. The first kappa shape index (κ1) is 26.3. The van der Waals surface area contributed by atoms with Crippen LogP contribution in [0.15, 0.2) is 4.79 Å². The van der Waals surface area contributed by atoms with E-state index in [4.69, 9.17) is 24.5 Å². The van der Waals surface area contributed by atoms with Crippen LogP contribution in [0.2, 0.25) is 0 Å². The molecule has 2 atom stereocenters. The Morgan fingerprint density at radius 3 is 2.15 bits per heavy atom. The normalized spacial score (nSPS) is 25.0. The van der Waals surface area contributed by atoms with Crippen molar-refractivity contribution in [3.63, 3.8) is 0 Å². The highest BCUT2D eigenvalue weighted by Gasteiger charge is 2.41. The van der Waals surface area contributed by atoms with E-state index >= 15 is 0 Å². The van der Waals surface area contributed by atoms with Crippen LogP contribution >= 0.6 is 0 Å². The fourth-order valence-electron chi connectivity index (χ4n) is 5.77. The van der Waals surface area contributed by atoms with Crippen molar-refractivity contribution in [1.29, 1.82) is 0 Å². The van der Waals surface area contributed by atoms with Crippen LogP contribution in [0.1, 0.15) is 74.9 Å². The van der Waals surface area contributed by atoms with E-state index in [1.54, 1.807) is 4.57 Å². The van der Waals surface area contributed by atoms with E-state index in [1.165, 1.54) is 57.8 Å². The number of aryl methyl sites for hydroxylation is 2. The van der Waals surface area contributed by atoms with Gasteiger partial charge in [0.15, 0.2) is 0 Å². The van der Waals surface area contributed by atoms with Gasteiger partial charge in [-0.1, -0.05) is 19.3 Å². The summed E-state index contributed by atoms with van der Waals surface area (Å²) in [5, 5.41) is 14.8. The van der Waals surface area contributed by atoms with Crippen LogP contribution in [0.4, 0.5) is 0 Å². The molecule has 0 radical (unpaired) electrons. The van der Waals surface area contributed by atoms with Crippen LogP contribution in [0.3, 0.4) is 0 Å². The van der Waals surface area contributed by atoms with E-state index < -0.39 is 11.9 Å². The maximum atomic E-state index is 12.6. The standard InChI is InChI=1S/C23H37N3O2.C2H2O4/c1-16-22(23(27)25(3)17(2)24-16)11-12-26-19-9-10-20(26)14-21(13-19)28-15-18-7-5-4-6-8-18;3-1(4)2(5)6/h18-21H,4-15H2,1-3H3;(H,3,4)(H,5,6). The van der Waals surface area contributed by atoms with Crippen molar-refractivity contribution < 1.29 is 24.5 Å². The van der Waals surface area contributed by atoms with Gasteiger partial charge < -0.3 is 14.9 Å². The summed E-state index contributed by atoms with van der Waals surface area (Å²) in [5.74, 6) is -2.05. The number of carboxylic acids is 2. The van der Waals surface area contributed by atoms with Gasteiger partial charge in [0.1, 0.15) is 5.82 Å².